The van der Waals surface area contributed by atoms with Gasteiger partial charge in [-0.1, -0.05) is 38.1 Å². The molecule has 4 heterocycles. The maximum absolute atomic E-state index is 14.9. The Morgan fingerprint density at radius 2 is 1.76 bits per heavy atom. The zero-order chi connectivity index (χ0) is 49.1. The van der Waals surface area contributed by atoms with Crippen LogP contribution in [-0.4, -0.2) is 102 Å². The molecule has 0 unspecified atom stereocenters. The van der Waals surface area contributed by atoms with Crippen LogP contribution in [0.5, 0.6) is 11.5 Å². The maximum Gasteiger partial charge on any atom is 0.408 e. The first kappa shape index (κ1) is 49.6. The molecule has 2 aromatic carbocycles. The van der Waals surface area contributed by atoms with E-state index in [1.54, 1.807) is 72.1 Å². The van der Waals surface area contributed by atoms with Gasteiger partial charge >= 0.3 is 6.09 Å². The first-order valence-electron chi connectivity index (χ1n) is 22.8. The van der Waals surface area contributed by atoms with Crippen LogP contribution in [-0.2, 0) is 33.9 Å². The first-order valence-corrected chi connectivity index (χ1v) is 25.2. The van der Waals surface area contributed by atoms with E-state index >= 15 is 0 Å². The number of sulfonamides is 1. The van der Waals surface area contributed by atoms with E-state index in [1.165, 1.54) is 34.4 Å². The number of carbonyl (C=O) groups excluding carboxylic acids is 5. The molecule has 18 nitrogen and oxygen atoms in total. The molecule has 2 aromatic heterocycles. The molecule has 4 aromatic rings. The number of pyridine rings is 1. The fraction of sp³-hybridized carbons (Fsp3) is 0.479. The number of para-hydroxylation sites is 1. The van der Waals surface area contributed by atoms with Gasteiger partial charge in [-0.05, 0) is 90.5 Å². The van der Waals surface area contributed by atoms with Crippen LogP contribution in [0.2, 0.25) is 0 Å². The molecule has 1 saturated carbocycles. The van der Waals surface area contributed by atoms with Crippen molar-refractivity contribution in [2.75, 3.05) is 24.3 Å². The van der Waals surface area contributed by atoms with Crippen LogP contribution in [0.1, 0.15) is 87.0 Å². The largest absolute Gasteiger partial charge is 0.497 e. The minimum Gasteiger partial charge on any atom is -0.497 e. The molecule has 1 saturated heterocycles. The van der Waals surface area contributed by atoms with Crippen molar-refractivity contribution in [3.63, 3.8) is 0 Å². The molecule has 2 fully saturated rings. The first-order chi connectivity index (χ1) is 32.2. The third kappa shape index (κ3) is 11.5. The monoisotopic (exact) mass is 972 g/mol. The lowest BCUT2D eigenvalue weighted by atomic mass is 10.0. The molecule has 20 heteroatoms. The number of rotatable bonds is 11. The number of nitrogens with zero attached hydrogens (tertiary/aromatic N) is 3. The van der Waals surface area contributed by atoms with Gasteiger partial charge in [-0.2, -0.15) is 0 Å². The lowest BCUT2D eigenvalue weighted by Gasteiger charge is -2.31. The van der Waals surface area contributed by atoms with E-state index in [1.807, 2.05) is 31.4 Å². The number of amides is 5. The second-order valence-corrected chi connectivity index (χ2v) is 21.5. The zero-order valence-corrected chi connectivity index (χ0v) is 41.1. The number of ether oxygens (including phenoxy) is 3. The van der Waals surface area contributed by atoms with Crippen molar-refractivity contribution in [2.45, 2.75) is 127 Å². The smallest absolute Gasteiger partial charge is 0.408 e. The van der Waals surface area contributed by atoms with Gasteiger partial charge in [0.2, 0.25) is 17.7 Å². The lowest BCUT2D eigenvalue weighted by molar-refractivity contribution is -0.141. The second kappa shape index (κ2) is 20.1. The highest BCUT2D eigenvalue weighted by Gasteiger charge is 2.62. The molecule has 0 spiro atoms. The number of methoxy groups -OCH3 is 1. The summed E-state index contributed by atoms with van der Waals surface area (Å²) in [6, 6.07) is 10.6. The number of hydrogen-bond acceptors (Lipinski definition) is 14. The minimum absolute atomic E-state index is 0.00906. The van der Waals surface area contributed by atoms with Crippen molar-refractivity contribution in [1.29, 1.82) is 0 Å². The van der Waals surface area contributed by atoms with Crippen molar-refractivity contribution in [3.8, 4) is 22.9 Å². The maximum atomic E-state index is 14.9. The standard InChI is InChI=1S/C48H60N8O10S2/c1-27(2)41(53-46(61)66-47(5,6)7)43(59)56-25-31(65-38-23-35(36-26-67-45(52-36)49-28(3)4)50-34-21-30(64-8)19-20-32(34)38)22-37(56)42(58)54-48-24-29(48)15-11-9-10-12-18-40(57)51-33-16-13-14-17-39(33)68(62,63)55-44(48)60/h11,13-17,19-21,23,26-29,31,37,41H,9-10,12,18,22,24-25H2,1-8H3,(H,49,52)(H,51,57)(H,53,61)(H,54,58)(H,55,60)/b15-11+/t29-,31-,37+,41+,48-/m1/s1. The number of allylic oxidation sites excluding steroid dienone is 1. The van der Waals surface area contributed by atoms with Gasteiger partial charge in [-0.25, -0.2) is 27.9 Å². The molecular formula is C48H60N8O10S2. The predicted molar refractivity (Wildman–Crippen MR) is 258 cm³/mol. The molecule has 7 rings (SSSR count). The zero-order valence-electron chi connectivity index (χ0n) is 39.5. The summed E-state index contributed by atoms with van der Waals surface area (Å²) >= 11 is 1.43. The Hall–Kier alpha value is -6.28. The van der Waals surface area contributed by atoms with Gasteiger partial charge in [0, 0.05) is 47.7 Å². The molecule has 0 radical (unpaired) electrons. The number of fused-ring (bicyclic) bond motifs is 3. The minimum atomic E-state index is -4.58. The van der Waals surface area contributed by atoms with E-state index in [9.17, 15) is 32.4 Å². The van der Waals surface area contributed by atoms with Gasteiger partial charge in [0.25, 0.3) is 15.9 Å². The molecule has 68 heavy (non-hydrogen) atoms. The second-order valence-electron chi connectivity index (χ2n) is 19.0. The van der Waals surface area contributed by atoms with Gasteiger partial charge < -0.3 is 40.4 Å². The van der Waals surface area contributed by atoms with Crippen LogP contribution < -0.4 is 35.5 Å². The molecule has 364 valence electrons. The Kier molecular flexibility index (Phi) is 14.7. The molecule has 3 aliphatic rings. The quantitative estimate of drug-likeness (QED) is 0.101. The van der Waals surface area contributed by atoms with E-state index in [4.69, 9.17) is 24.2 Å². The van der Waals surface area contributed by atoms with E-state index in [0.717, 1.165) is 0 Å². The van der Waals surface area contributed by atoms with Gasteiger partial charge in [0.1, 0.15) is 51.4 Å². The van der Waals surface area contributed by atoms with Crippen molar-refractivity contribution in [3.05, 3.63) is 66.1 Å². The van der Waals surface area contributed by atoms with E-state index in [2.05, 4.69) is 26.0 Å². The van der Waals surface area contributed by atoms with Crippen LogP contribution in [0.3, 0.4) is 0 Å². The number of alkyl carbamates (subject to hydrolysis) is 1. The van der Waals surface area contributed by atoms with Gasteiger partial charge in [0.05, 0.1) is 30.6 Å². The van der Waals surface area contributed by atoms with E-state index in [-0.39, 0.29) is 48.3 Å². The van der Waals surface area contributed by atoms with Gasteiger partial charge in [-0.15, -0.1) is 11.3 Å². The summed E-state index contributed by atoms with van der Waals surface area (Å²) in [7, 11) is -3.03. The van der Waals surface area contributed by atoms with Crippen molar-refractivity contribution >= 4 is 72.8 Å². The summed E-state index contributed by atoms with van der Waals surface area (Å²) in [4.78, 5) is 80.7. The van der Waals surface area contributed by atoms with Crippen LogP contribution in [0.15, 0.2) is 71.0 Å². The summed E-state index contributed by atoms with van der Waals surface area (Å²) in [5.74, 6) is -2.76. The number of hydrogen-bond donors (Lipinski definition) is 5. The summed E-state index contributed by atoms with van der Waals surface area (Å²) in [6.07, 6.45) is 3.96. The van der Waals surface area contributed by atoms with E-state index in [0.29, 0.717) is 58.2 Å². The molecule has 1 aliphatic carbocycles. The number of benzene rings is 2. The fourth-order valence-corrected chi connectivity index (χ4v) is 10.4. The highest BCUT2D eigenvalue weighted by Crippen LogP contribution is 2.46. The Morgan fingerprint density at radius 1 is 1.00 bits per heavy atom. The summed E-state index contributed by atoms with van der Waals surface area (Å²) < 4.78 is 47.8. The highest BCUT2D eigenvalue weighted by molar-refractivity contribution is 7.90. The molecular weight excluding hydrogens is 913 g/mol. The number of aromatic nitrogens is 2. The Bertz CT molecular complexity index is 2720. The highest BCUT2D eigenvalue weighted by atomic mass is 32.2. The SMILES string of the molecule is COc1ccc2c(O[C@@H]3C[C@@H](C(=O)N[C@]45C[C@H]4/C=C/CCCCC(=O)Nc4ccccc4S(=O)(=O)NC5=O)N(C(=O)[C@@H](NC(=O)OC(C)(C)C)C(C)C)C3)cc(-c3csc(NC(C)C)n3)nc2c1. The van der Waals surface area contributed by atoms with Crippen LogP contribution in [0.25, 0.3) is 22.3 Å². The third-order valence-electron chi connectivity index (χ3n) is 11.7. The topological polar surface area (TPSA) is 236 Å². The fourth-order valence-electron chi connectivity index (χ4n) is 8.30. The summed E-state index contributed by atoms with van der Waals surface area (Å²) in [6.45, 7) is 12.5. The number of anilines is 2. The van der Waals surface area contributed by atoms with Crippen LogP contribution >= 0.6 is 11.3 Å². The summed E-state index contributed by atoms with van der Waals surface area (Å²) in [5.41, 5.74) is -0.916. The van der Waals surface area contributed by atoms with Crippen molar-refractivity contribution in [1.82, 2.24) is 30.2 Å². The molecule has 0 bridgehead atoms. The summed E-state index contributed by atoms with van der Waals surface area (Å²) in [5, 5.41) is 14.8. The molecule has 5 N–H and O–H groups in total. The normalized spacial score (nSPS) is 22.6. The Balaban J connectivity index is 1.23. The molecule has 5 amide bonds. The van der Waals surface area contributed by atoms with Gasteiger partial charge in [-0.3, -0.25) is 19.2 Å². The Morgan fingerprint density at radius 3 is 2.49 bits per heavy atom. The van der Waals surface area contributed by atoms with Crippen molar-refractivity contribution < 1.29 is 46.6 Å². The van der Waals surface area contributed by atoms with E-state index < -0.39 is 75.0 Å². The number of carbonyl (C=O) groups is 5. The number of likely N-dealkylation sites (tertiary alicyclic amines) is 1. The van der Waals surface area contributed by atoms with Crippen LogP contribution in [0, 0.1) is 11.8 Å². The Labute approximate surface area is 400 Å². The average Bonchev–Trinajstić information content (AvgIpc) is 3.52. The van der Waals surface area contributed by atoms with Gasteiger partial charge in [0.15, 0.2) is 5.13 Å². The average molecular weight is 973 g/mol. The molecule has 5 atom stereocenters. The lowest BCUT2D eigenvalue weighted by Crippen LogP contribution is -2.59. The number of nitrogens with one attached hydrogen (secondary N) is 5. The predicted octanol–water partition coefficient (Wildman–Crippen LogP) is 6.53. The third-order valence-corrected chi connectivity index (χ3v) is 13.9. The number of thiazole rings is 1. The van der Waals surface area contributed by atoms with Crippen molar-refractivity contribution in [2.24, 2.45) is 11.8 Å². The van der Waals surface area contributed by atoms with Crippen LogP contribution in [0.4, 0.5) is 15.6 Å². The molecule has 2 aliphatic heterocycles.